The van der Waals surface area contributed by atoms with Crippen LogP contribution in [0, 0.1) is 0 Å². The molecule has 0 heterocycles. The van der Waals surface area contributed by atoms with Crippen molar-refractivity contribution in [3.63, 3.8) is 0 Å². The summed E-state index contributed by atoms with van der Waals surface area (Å²) in [7, 11) is 0. The monoisotopic (exact) mass is 232 g/mol. The van der Waals surface area contributed by atoms with Gasteiger partial charge in [-0.3, -0.25) is 10.2 Å². The van der Waals surface area contributed by atoms with Crippen molar-refractivity contribution in [2.24, 2.45) is 5.10 Å². The Kier molecular flexibility index (Phi) is 6.00. The molecule has 17 heavy (non-hydrogen) atoms. The van der Waals surface area contributed by atoms with Gasteiger partial charge in [0.05, 0.1) is 5.69 Å². The molecule has 1 aliphatic rings. The van der Waals surface area contributed by atoms with E-state index in [1.165, 1.54) is 0 Å². The lowest BCUT2D eigenvalue weighted by Gasteiger charge is -2.11. The number of hydrazone groups is 1. The SMILES string of the molecule is CC.O=C1CCCC/C1=N/Nc1ccccc1. The zero-order valence-electron chi connectivity index (χ0n) is 10.6. The second-order valence-electron chi connectivity index (χ2n) is 3.67. The smallest absolute Gasteiger partial charge is 0.178 e. The third-order valence-electron chi connectivity index (χ3n) is 2.48. The van der Waals surface area contributed by atoms with Crippen molar-refractivity contribution in [2.75, 3.05) is 5.43 Å². The van der Waals surface area contributed by atoms with Crippen LogP contribution in [0.3, 0.4) is 0 Å². The summed E-state index contributed by atoms with van der Waals surface area (Å²) in [5, 5.41) is 4.15. The van der Waals surface area contributed by atoms with Gasteiger partial charge in [-0.25, -0.2) is 0 Å². The highest BCUT2D eigenvalue weighted by Crippen LogP contribution is 2.13. The van der Waals surface area contributed by atoms with Gasteiger partial charge in [-0.1, -0.05) is 32.0 Å². The highest BCUT2D eigenvalue weighted by Gasteiger charge is 2.16. The molecule has 3 nitrogen and oxygen atoms in total. The first kappa shape index (κ1) is 13.4. The minimum atomic E-state index is 0.185. The molecule has 0 radical (unpaired) electrons. The average molecular weight is 232 g/mol. The van der Waals surface area contributed by atoms with Gasteiger partial charge in [0, 0.05) is 6.42 Å². The zero-order chi connectivity index (χ0) is 12.5. The Morgan fingerprint density at radius 1 is 1.06 bits per heavy atom. The van der Waals surface area contributed by atoms with E-state index in [2.05, 4.69) is 10.5 Å². The third kappa shape index (κ3) is 4.39. The van der Waals surface area contributed by atoms with Crippen molar-refractivity contribution in [1.29, 1.82) is 0 Å². The van der Waals surface area contributed by atoms with Gasteiger partial charge in [-0.15, -0.1) is 0 Å². The number of ketones is 1. The van der Waals surface area contributed by atoms with Crippen molar-refractivity contribution < 1.29 is 4.79 Å². The van der Waals surface area contributed by atoms with E-state index in [1.807, 2.05) is 44.2 Å². The van der Waals surface area contributed by atoms with Crippen LogP contribution in [0.1, 0.15) is 39.5 Å². The van der Waals surface area contributed by atoms with Crippen molar-refractivity contribution >= 4 is 17.2 Å². The molecule has 0 spiro atoms. The predicted molar refractivity (Wildman–Crippen MR) is 72.3 cm³/mol. The molecule has 0 aliphatic heterocycles. The van der Waals surface area contributed by atoms with Gasteiger partial charge in [0.1, 0.15) is 5.71 Å². The summed E-state index contributed by atoms with van der Waals surface area (Å²) < 4.78 is 0. The first-order valence-corrected chi connectivity index (χ1v) is 6.27. The number of anilines is 1. The van der Waals surface area contributed by atoms with Crippen molar-refractivity contribution in [1.82, 2.24) is 0 Å². The second-order valence-corrected chi connectivity index (χ2v) is 3.67. The van der Waals surface area contributed by atoms with Gasteiger partial charge < -0.3 is 0 Å². The van der Waals surface area contributed by atoms with E-state index in [0.717, 1.165) is 24.9 Å². The molecular weight excluding hydrogens is 212 g/mol. The summed E-state index contributed by atoms with van der Waals surface area (Å²) in [4.78, 5) is 11.4. The molecule has 1 N–H and O–H groups in total. The lowest BCUT2D eigenvalue weighted by Crippen LogP contribution is -2.19. The van der Waals surface area contributed by atoms with E-state index >= 15 is 0 Å². The number of benzene rings is 1. The number of nitrogens with zero attached hydrogens (tertiary/aromatic N) is 1. The summed E-state index contributed by atoms with van der Waals surface area (Å²) in [5.74, 6) is 0.185. The molecule has 0 bridgehead atoms. The van der Waals surface area contributed by atoms with Crippen LogP contribution in [0.5, 0.6) is 0 Å². The first-order valence-electron chi connectivity index (χ1n) is 6.27. The number of para-hydroxylation sites is 1. The van der Waals surface area contributed by atoms with Crippen LogP contribution >= 0.6 is 0 Å². The molecule has 0 aromatic heterocycles. The number of rotatable bonds is 2. The molecule has 2 rings (SSSR count). The number of carbonyl (C=O) groups excluding carboxylic acids is 1. The van der Waals surface area contributed by atoms with E-state index < -0.39 is 0 Å². The maximum Gasteiger partial charge on any atom is 0.178 e. The molecule has 0 atom stereocenters. The second kappa shape index (κ2) is 7.60. The Bertz CT molecular complexity index is 371. The van der Waals surface area contributed by atoms with Crippen LogP contribution in [0.2, 0.25) is 0 Å². The minimum Gasteiger partial charge on any atom is -0.293 e. The van der Waals surface area contributed by atoms with Gasteiger partial charge in [0.15, 0.2) is 5.78 Å². The minimum absolute atomic E-state index is 0.185. The highest BCUT2D eigenvalue weighted by molar-refractivity contribution is 6.40. The maximum atomic E-state index is 11.4. The first-order chi connectivity index (χ1) is 8.36. The molecule has 3 heteroatoms. The Morgan fingerprint density at radius 3 is 2.35 bits per heavy atom. The fraction of sp³-hybridized carbons (Fsp3) is 0.429. The van der Waals surface area contributed by atoms with Crippen LogP contribution in [0.25, 0.3) is 0 Å². The van der Waals surface area contributed by atoms with Crippen LogP contribution in [0.15, 0.2) is 35.4 Å². The molecule has 0 unspecified atom stereocenters. The van der Waals surface area contributed by atoms with Crippen LogP contribution in [0.4, 0.5) is 5.69 Å². The number of Topliss-reactive ketones (excluding diaryl/α,β-unsaturated/α-hetero) is 1. The largest absolute Gasteiger partial charge is 0.293 e. The number of hydrogen-bond donors (Lipinski definition) is 1. The van der Waals surface area contributed by atoms with Gasteiger partial charge in [0.2, 0.25) is 0 Å². The Morgan fingerprint density at radius 2 is 1.71 bits per heavy atom. The molecule has 1 fully saturated rings. The predicted octanol–water partition coefficient (Wildman–Crippen LogP) is 3.62. The van der Waals surface area contributed by atoms with Crippen LogP contribution in [-0.2, 0) is 4.79 Å². The zero-order valence-corrected chi connectivity index (χ0v) is 10.6. The maximum absolute atomic E-state index is 11.4. The number of nitrogens with one attached hydrogen (secondary N) is 1. The summed E-state index contributed by atoms with van der Waals surface area (Å²) in [5.41, 5.74) is 4.52. The molecule has 0 amide bonds. The summed E-state index contributed by atoms with van der Waals surface area (Å²) in [6.45, 7) is 4.00. The Labute approximate surface area is 103 Å². The fourth-order valence-electron chi connectivity index (χ4n) is 1.62. The lowest BCUT2D eigenvalue weighted by molar-refractivity contribution is -0.113. The fourth-order valence-corrected chi connectivity index (χ4v) is 1.62. The number of carbonyl (C=O) groups is 1. The molecule has 1 aromatic carbocycles. The average Bonchev–Trinajstić information content (AvgIpc) is 2.41. The van der Waals surface area contributed by atoms with E-state index in [0.29, 0.717) is 12.1 Å². The van der Waals surface area contributed by atoms with E-state index in [-0.39, 0.29) is 5.78 Å². The Hall–Kier alpha value is -1.64. The topological polar surface area (TPSA) is 41.5 Å². The summed E-state index contributed by atoms with van der Waals surface area (Å²) in [6.07, 6.45) is 3.53. The van der Waals surface area contributed by atoms with E-state index in [1.54, 1.807) is 0 Å². The molecule has 1 aromatic rings. The molecular formula is C14H20N2O. The lowest BCUT2D eigenvalue weighted by atomic mass is 9.97. The van der Waals surface area contributed by atoms with Crippen LogP contribution < -0.4 is 5.43 Å². The number of hydrogen-bond acceptors (Lipinski definition) is 3. The van der Waals surface area contributed by atoms with Crippen molar-refractivity contribution in [2.45, 2.75) is 39.5 Å². The molecule has 1 aliphatic carbocycles. The van der Waals surface area contributed by atoms with Gasteiger partial charge in [0.25, 0.3) is 0 Å². The van der Waals surface area contributed by atoms with E-state index in [4.69, 9.17) is 0 Å². The quantitative estimate of drug-likeness (QED) is 0.791. The van der Waals surface area contributed by atoms with Crippen molar-refractivity contribution in [3.05, 3.63) is 30.3 Å². The standard InChI is InChI=1S/C12H14N2O.C2H6/c15-12-9-5-4-8-11(12)14-13-10-6-2-1-3-7-10;1-2/h1-3,6-7,13H,4-5,8-9H2;1-2H3/b14-11-;. The van der Waals surface area contributed by atoms with E-state index in [9.17, 15) is 4.79 Å². The third-order valence-corrected chi connectivity index (χ3v) is 2.48. The molecule has 92 valence electrons. The van der Waals surface area contributed by atoms with Gasteiger partial charge >= 0.3 is 0 Å². The summed E-state index contributed by atoms with van der Waals surface area (Å²) in [6, 6.07) is 9.68. The van der Waals surface area contributed by atoms with Gasteiger partial charge in [-0.2, -0.15) is 5.10 Å². The molecule has 1 saturated carbocycles. The highest BCUT2D eigenvalue weighted by atomic mass is 16.1. The Balaban J connectivity index is 0.000000686. The van der Waals surface area contributed by atoms with Crippen LogP contribution in [-0.4, -0.2) is 11.5 Å². The van der Waals surface area contributed by atoms with Crippen molar-refractivity contribution in [3.8, 4) is 0 Å². The normalized spacial score (nSPS) is 17.3. The molecule has 0 saturated heterocycles. The van der Waals surface area contributed by atoms with Gasteiger partial charge in [-0.05, 0) is 31.4 Å². The summed E-state index contributed by atoms with van der Waals surface area (Å²) >= 11 is 0.